The van der Waals surface area contributed by atoms with E-state index in [9.17, 15) is 9.59 Å². The number of nitrogens with one attached hydrogen (secondary N) is 1. The number of carbonyl (C=O) groups is 2. The largest absolute Gasteiger partial charge is 0.454 e. The van der Waals surface area contributed by atoms with Gasteiger partial charge in [-0.15, -0.1) is 0 Å². The van der Waals surface area contributed by atoms with Gasteiger partial charge in [-0.25, -0.2) is 4.79 Å². The Bertz CT molecular complexity index is 837. The summed E-state index contributed by atoms with van der Waals surface area (Å²) in [5, 5.41) is 16.9. The van der Waals surface area contributed by atoms with Crippen LogP contribution >= 0.6 is 0 Å². The molecule has 0 unspecified atom stereocenters. The van der Waals surface area contributed by atoms with Crippen LogP contribution in [0.5, 0.6) is 0 Å². The van der Waals surface area contributed by atoms with Gasteiger partial charge in [0.2, 0.25) is 0 Å². The highest BCUT2D eigenvalue weighted by molar-refractivity contribution is 6.07. The molecule has 0 aliphatic carbocycles. The number of nitrogens with zero attached hydrogens (tertiary/aromatic N) is 2. The molecule has 1 heterocycles. The average Bonchev–Trinajstić information content (AvgIpc) is 2.52. The second-order valence-electron chi connectivity index (χ2n) is 5.12. The number of ketones is 1. The summed E-state index contributed by atoms with van der Waals surface area (Å²) >= 11 is 0. The van der Waals surface area contributed by atoms with Gasteiger partial charge in [-0.1, -0.05) is 18.2 Å². The molecule has 0 aliphatic heterocycles. The maximum atomic E-state index is 12.3. The number of aromatic nitrogens is 1. The van der Waals surface area contributed by atoms with Crippen molar-refractivity contribution < 1.29 is 14.3 Å². The molecule has 2 aromatic rings. The van der Waals surface area contributed by atoms with Crippen LogP contribution in [0.15, 0.2) is 30.3 Å². The van der Waals surface area contributed by atoms with E-state index in [1.807, 2.05) is 6.07 Å². The van der Waals surface area contributed by atoms with E-state index in [1.54, 1.807) is 37.3 Å². The van der Waals surface area contributed by atoms with Crippen molar-refractivity contribution >= 4 is 28.4 Å². The van der Waals surface area contributed by atoms with Gasteiger partial charge in [0.1, 0.15) is 5.92 Å². The minimum absolute atomic E-state index is 0.0706. The summed E-state index contributed by atoms with van der Waals surface area (Å²) in [4.78, 5) is 28.4. The fourth-order valence-corrected chi connectivity index (χ4v) is 2.18. The monoisotopic (exact) mass is 309 g/mol. The number of fused-ring (bicyclic) bond motifs is 1. The number of hydrogen-bond acceptors (Lipinski definition) is 6. The van der Waals surface area contributed by atoms with Crippen molar-refractivity contribution in [2.45, 2.75) is 13.8 Å². The summed E-state index contributed by atoms with van der Waals surface area (Å²) in [5.41, 5.74) is 1.57. The number of esters is 1. The summed E-state index contributed by atoms with van der Waals surface area (Å²) in [6, 6.07) is 10.5. The first-order valence-electron chi connectivity index (χ1n) is 6.95. The van der Waals surface area contributed by atoms with Gasteiger partial charge in [0.15, 0.2) is 12.4 Å². The molecule has 0 bridgehead atoms. The van der Waals surface area contributed by atoms with Gasteiger partial charge in [0.25, 0.3) is 0 Å². The van der Waals surface area contributed by atoms with Gasteiger partial charge in [0.05, 0.1) is 17.1 Å². The van der Waals surface area contributed by atoms with Gasteiger partial charge >= 0.3 is 5.97 Å². The van der Waals surface area contributed by atoms with E-state index in [0.29, 0.717) is 22.2 Å². The summed E-state index contributed by atoms with van der Waals surface area (Å²) in [7, 11) is 0. The Kier molecular flexibility index (Phi) is 4.82. The van der Waals surface area contributed by atoms with Crippen molar-refractivity contribution in [1.82, 2.24) is 4.98 Å². The van der Waals surface area contributed by atoms with Crippen molar-refractivity contribution in [3.63, 3.8) is 0 Å². The highest BCUT2D eigenvalue weighted by Gasteiger charge is 2.22. The van der Waals surface area contributed by atoms with E-state index in [4.69, 9.17) is 15.4 Å². The van der Waals surface area contributed by atoms with Crippen molar-refractivity contribution in [1.29, 1.82) is 10.7 Å². The number of Topliss-reactive ketones (excluding diaryl/α,β-unsaturated/α-hetero) is 1. The molecule has 0 fully saturated rings. The smallest absolute Gasteiger partial charge is 0.339 e. The first kappa shape index (κ1) is 16.3. The molecule has 6 nitrogen and oxygen atoms in total. The van der Waals surface area contributed by atoms with E-state index in [0.717, 1.165) is 0 Å². The minimum atomic E-state index is -1.18. The molecule has 6 heteroatoms. The minimum Gasteiger partial charge on any atom is -0.454 e. The number of pyridine rings is 1. The third kappa shape index (κ3) is 3.58. The number of carbonyl (C=O) groups excluding carboxylic acids is 2. The predicted molar refractivity (Wildman–Crippen MR) is 84.3 cm³/mol. The third-order valence-corrected chi connectivity index (χ3v) is 3.29. The molecule has 0 spiro atoms. The number of rotatable bonds is 5. The van der Waals surface area contributed by atoms with Crippen LogP contribution in [0.25, 0.3) is 10.9 Å². The van der Waals surface area contributed by atoms with Crippen LogP contribution in [-0.4, -0.2) is 29.1 Å². The lowest BCUT2D eigenvalue weighted by molar-refractivity contribution is -0.122. The van der Waals surface area contributed by atoms with Gasteiger partial charge in [0, 0.05) is 16.8 Å². The maximum Gasteiger partial charge on any atom is 0.339 e. The highest BCUT2D eigenvalue weighted by Crippen LogP contribution is 2.19. The zero-order valence-electron chi connectivity index (χ0n) is 12.8. The topological polar surface area (TPSA) is 104 Å². The normalized spacial score (nSPS) is 11.5. The SMILES string of the molecule is CC(=N)[C@@H](C#N)C(=O)COC(=O)c1cc(C)nc2ccccc12. The molecule has 0 radical (unpaired) electrons. The maximum absolute atomic E-state index is 12.3. The fraction of sp³-hybridized carbons (Fsp3) is 0.235. The van der Waals surface area contributed by atoms with Crippen molar-refractivity contribution in [3.8, 4) is 6.07 Å². The first-order valence-corrected chi connectivity index (χ1v) is 6.95. The number of hydrogen-bond donors (Lipinski definition) is 1. The highest BCUT2D eigenvalue weighted by atomic mass is 16.5. The lowest BCUT2D eigenvalue weighted by Crippen LogP contribution is -2.25. The molecule has 0 saturated carbocycles. The molecule has 0 aliphatic rings. The number of aryl methyl sites for hydroxylation is 1. The van der Waals surface area contributed by atoms with E-state index >= 15 is 0 Å². The number of para-hydroxylation sites is 1. The van der Waals surface area contributed by atoms with Crippen LogP contribution in [-0.2, 0) is 9.53 Å². The Morgan fingerprint density at radius 1 is 1.39 bits per heavy atom. The Hall–Kier alpha value is -3.07. The number of ether oxygens (including phenoxy) is 1. The standard InChI is InChI=1S/C17H15N3O3/c1-10-7-13(12-5-3-4-6-15(12)20-10)17(22)23-9-16(21)14(8-18)11(2)19/h3-7,14,19H,9H2,1-2H3/t14-/m1/s1. The third-order valence-electron chi connectivity index (χ3n) is 3.29. The van der Waals surface area contributed by atoms with Gasteiger partial charge < -0.3 is 10.1 Å². The lowest BCUT2D eigenvalue weighted by atomic mass is 10.0. The van der Waals surface area contributed by atoms with Crippen molar-refractivity contribution in [2.75, 3.05) is 6.61 Å². The molecule has 1 atom stereocenters. The van der Waals surface area contributed by atoms with Gasteiger partial charge in [-0.05, 0) is 26.0 Å². The zero-order chi connectivity index (χ0) is 17.0. The van der Waals surface area contributed by atoms with Gasteiger partial charge in [-0.3, -0.25) is 9.78 Å². The van der Waals surface area contributed by atoms with Crippen LogP contribution in [0.1, 0.15) is 23.0 Å². The molecule has 23 heavy (non-hydrogen) atoms. The second-order valence-corrected chi connectivity index (χ2v) is 5.12. The Morgan fingerprint density at radius 3 is 2.74 bits per heavy atom. The van der Waals surface area contributed by atoms with Crippen molar-refractivity contribution in [2.24, 2.45) is 5.92 Å². The fourth-order valence-electron chi connectivity index (χ4n) is 2.18. The second kappa shape index (κ2) is 6.79. The molecule has 0 amide bonds. The van der Waals surface area contributed by atoms with Crippen LogP contribution in [0.4, 0.5) is 0 Å². The quantitative estimate of drug-likeness (QED) is 0.674. The van der Waals surface area contributed by atoms with E-state index in [1.165, 1.54) is 6.92 Å². The predicted octanol–water partition coefficient (Wildman–Crippen LogP) is 2.45. The summed E-state index contributed by atoms with van der Waals surface area (Å²) in [6.45, 7) is 2.59. The Labute approximate surface area is 133 Å². The van der Waals surface area contributed by atoms with E-state index < -0.39 is 24.3 Å². The van der Waals surface area contributed by atoms with E-state index in [2.05, 4.69) is 4.98 Å². The summed E-state index contributed by atoms with van der Waals surface area (Å²) < 4.78 is 5.02. The molecule has 1 aromatic carbocycles. The zero-order valence-corrected chi connectivity index (χ0v) is 12.8. The van der Waals surface area contributed by atoms with Crippen molar-refractivity contribution in [3.05, 3.63) is 41.6 Å². The molecule has 0 saturated heterocycles. The molecular weight excluding hydrogens is 294 g/mol. The summed E-state index contributed by atoms with van der Waals surface area (Å²) in [6.07, 6.45) is 0. The molecule has 1 aromatic heterocycles. The van der Waals surface area contributed by atoms with Crippen LogP contribution in [0.3, 0.4) is 0 Å². The first-order chi connectivity index (χ1) is 10.9. The Balaban J connectivity index is 2.21. The number of benzene rings is 1. The van der Waals surface area contributed by atoms with Crippen LogP contribution in [0, 0.1) is 29.6 Å². The van der Waals surface area contributed by atoms with E-state index in [-0.39, 0.29) is 5.71 Å². The molecule has 1 N–H and O–H groups in total. The van der Waals surface area contributed by atoms with Crippen LogP contribution in [0.2, 0.25) is 0 Å². The Morgan fingerprint density at radius 2 is 2.09 bits per heavy atom. The number of nitriles is 1. The van der Waals surface area contributed by atoms with Crippen LogP contribution < -0.4 is 0 Å². The molecule has 2 rings (SSSR count). The molecular formula is C17H15N3O3. The van der Waals surface area contributed by atoms with Gasteiger partial charge in [-0.2, -0.15) is 5.26 Å². The molecule has 116 valence electrons. The average molecular weight is 309 g/mol. The summed E-state index contributed by atoms with van der Waals surface area (Å²) in [5.74, 6) is -2.44. The lowest BCUT2D eigenvalue weighted by Gasteiger charge is -2.09.